The second kappa shape index (κ2) is 3.95. The standard InChI is InChI=1S/C13H18N2O2/c1-8(2)17-10-7-5-6-9-11(10)14-12(16)13(3,4)15-9/h5-8,15H,1-4H3,(H,14,16). The van der Waals surface area contributed by atoms with Crippen molar-refractivity contribution in [3.05, 3.63) is 18.2 Å². The molecular weight excluding hydrogens is 216 g/mol. The number of para-hydroxylation sites is 1. The van der Waals surface area contributed by atoms with E-state index in [4.69, 9.17) is 4.74 Å². The highest BCUT2D eigenvalue weighted by atomic mass is 16.5. The Kier molecular flexibility index (Phi) is 2.73. The second-order valence-corrected chi connectivity index (χ2v) is 5.05. The van der Waals surface area contributed by atoms with Crippen LogP contribution in [0.15, 0.2) is 18.2 Å². The van der Waals surface area contributed by atoms with Gasteiger partial charge in [0.05, 0.1) is 11.8 Å². The summed E-state index contributed by atoms with van der Waals surface area (Å²) in [5, 5.41) is 6.11. The Morgan fingerprint density at radius 3 is 2.65 bits per heavy atom. The number of carbonyl (C=O) groups excluding carboxylic acids is 1. The van der Waals surface area contributed by atoms with E-state index in [9.17, 15) is 4.79 Å². The lowest BCUT2D eigenvalue weighted by molar-refractivity contribution is -0.119. The molecule has 1 aromatic rings. The zero-order valence-electron chi connectivity index (χ0n) is 10.6. The van der Waals surface area contributed by atoms with E-state index in [0.29, 0.717) is 5.75 Å². The number of carbonyl (C=O) groups is 1. The smallest absolute Gasteiger partial charge is 0.249 e. The highest BCUT2D eigenvalue weighted by molar-refractivity contribution is 6.06. The van der Waals surface area contributed by atoms with Gasteiger partial charge in [0.25, 0.3) is 0 Å². The van der Waals surface area contributed by atoms with Crippen LogP contribution in [0.25, 0.3) is 0 Å². The first kappa shape index (κ1) is 11.8. The zero-order chi connectivity index (χ0) is 12.6. The molecule has 1 heterocycles. The average Bonchev–Trinajstić information content (AvgIpc) is 2.19. The molecule has 0 aromatic heterocycles. The van der Waals surface area contributed by atoms with Gasteiger partial charge in [0, 0.05) is 0 Å². The quantitative estimate of drug-likeness (QED) is 0.827. The minimum Gasteiger partial charge on any atom is -0.489 e. The van der Waals surface area contributed by atoms with E-state index in [2.05, 4.69) is 10.6 Å². The maximum atomic E-state index is 11.9. The molecule has 17 heavy (non-hydrogen) atoms. The van der Waals surface area contributed by atoms with Crippen LogP contribution in [0.4, 0.5) is 11.4 Å². The largest absolute Gasteiger partial charge is 0.489 e. The third kappa shape index (κ3) is 2.20. The van der Waals surface area contributed by atoms with Crippen LogP contribution in [0, 0.1) is 0 Å². The first-order chi connectivity index (χ1) is 7.90. The summed E-state index contributed by atoms with van der Waals surface area (Å²) in [5.41, 5.74) is 1.03. The Hall–Kier alpha value is -1.71. The third-order valence-electron chi connectivity index (χ3n) is 2.64. The number of hydrogen-bond donors (Lipinski definition) is 2. The molecule has 0 aliphatic carbocycles. The van der Waals surface area contributed by atoms with Gasteiger partial charge in [-0.05, 0) is 39.8 Å². The van der Waals surface area contributed by atoms with Gasteiger partial charge in [-0.2, -0.15) is 0 Å². The molecule has 0 radical (unpaired) electrons. The molecule has 1 aromatic carbocycles. The molecule has 0 saturated carbocycles. The van der Waals surface area contributed by atoms with Gasteiger partial charge < -0.3 is 15.4 Å². The van der Waals surface area contributed by atoms with E-state index in [-0.39, 0.29) is 12.0 Å². The van der Waals surface area contributed by atoms with Crippen LogP contribution in [0.5, 0.6) is 5.75 Å². The first-order valence-electron chi connectivity index (χ1n) is 5.79. The fourth-order valence-corrected chi connectivity index (χ4v) is 1.78. The van der Waals surface area contributed by atoms with Gasteiger partial charge in [0.15, 0.2) is 0 Å². The van der Waals surface area contributed by atoms with Crippen LogP contribution in [-0.2, 0) is 4.79 Å². The van der Waals surface area contributed by atoms with Crippen molar-refractivity contribution in [3.8, 4) is 5.75 Å². The predicted octanol–water partition coefficient (Wildman–Crippen LogP) is 2.62. The Morgan fingerprint density at radius 1 is 1.29 bits per heavy atom. The number of ether oxygens (including phenoxy) is 1. The second-order valence-electron chi connectivity index (χ2n) is 5.05. The molecule has 92 valence electrons. The van der Waals surface area contributed by atoms with Gasteiger partial charge in [0.1, 0.15) is 17.0 Å². The predicted molar refractivity (Wildman–Crippen MR) is 68.5 cm³/mol. The summed E-state index contributed by atoms with van der Waals surface area (Å²) in [6.45, 7) is 7.62. The number of benzene rings is 1. The molecule has 1 amide bonds. The first-order valence-corrected chi connectivity index (χ1v) is 5.79. The molecule has 0 spiro atoms. The SMILES string of the molecule is CC(C)Oc1cccc2c1NC(=O)C(C)(C)N2. The van der Waals surface area contributed by atoms with Crippen molar-refractivity contribution in [2.24, 2.45) is 0 Å². The van der Waals surface area contributed by atoms with Crippen LogP contribution < -0.4 is 15.4 Å². The molecule has 1 aliphatic heterocycles. The van der Waals surface area contributed by atoms with Gasteiger partial charge in [-0.15, -0.1) is 0 Å². The van der Waals surface area contributed by atoms with E-state index in [0.717, 1.165) is 11.4 Å². The van der Waals surface area contributed by atoms with Crippen molar-refractivity contribution in [1.82, 2.24) is 0 Å². The summed E-state index contributed by atoms with van der Waals surface area (Å²) in [7, 11) is 0. The van der Waals surface area contributed by atoms with Gasteiger partial charge >= 0.3 is 0 Å². The number of nitrogens with one attached hydrogen (secondary N) is 2. The molecule has 0 fully saturated rings. The number of hydrogen-bond acceptors (Lipinski definition) is 3. The summed E-state index contributed by atoms with van der Waals surface area (Å²) in [4.78, 5) is 11.9. The van der Waals surface area contributed by atoms with Gasteiger partial charge in [-0.1, -0.05) is 6.07 Å². The minimum absolute atomic E-state index is 0.0511. The summed E-state index contributed by atoms with van der Waals surface area (Å²) in [6, 6.07) is 5.71. The van der Waals surface area contributed by atoms with E-state index >= 15 is 0 Å². The van der Waals surface area contributed by atoms with Crippen LogP contribution >= 0.6 is 0 Å². The van der Waals surface area contributed by atoms with E-state index in [1.165, 1.54) is 0 Å². The van der Waals surface area contributed by atoms with Crippen LogP contribution in [-0.4, -0.2) is 17.6 Å². The summed E-state index contributed by atoms with van der Waals surface area (Å²) >= 11 is 0. The van der Waals surface area contributed by atoms with Crippen molar-refractivity contribution >= 4 is 17.3 Å². The molecule has 2 N–H and O–H groups in total. The monoisotopic (exact) mass is 234 g/mol. The lowest BCUT2D eigenvalue weighted by Crippen LogP contribution is -2.47. The van der Waals surface area contributed by atoms with Crippen LogP contribution in [0.3, 0.4) is 0 Å². The van der Waals surface area contributed by atoms with Gasteiger partial charge in [0.2, 0.25) is 5.91 Å². The molecule has 0 saturated heterocycles. The minimum atomic E-state index is -0.594. The summed E-state index contributed by atoms with van der Waals surface area (Å²) < 4.78 is 5.67. The fraction of sp³-hybridized carbons (Fsp3) is 0.462. The zero-order valence-corrected chi connectivity index (χ0v) is 10.6. The fourth-order valence-electron chi connectivity index (χ4n) is 1.78. The van der Waals surface area contributed by atoms with Crippen molar-refractivity contribution in [2.75, 3.05) is 10.6 Å². The Bertz CT molecular complexity index is 438. The Balaban J connectivity index is 2.40. The maximum Gasteiger partial charge on any atom is 0.249 e. The topological polar surface area (TPSA) is 50.4 Å². The van der Waals surface area contributed by atoms with Gasteiger partial charge in [-0.25, -0.2) is 0 Å². The number of amides is 1. The normalized spacial score (nSPS) is 17.1. The molecule has 0 bridgehead atoms. The number of anilines is 2. The Morgan fingerprint density at radius 2 is 2.00 bits per heavy atom. The molecular formula is C13H18N2O2. The van der Waals surface area contributed by atoms with E-state index in [1.807, 2.05) is 45.9 Å². The van der Waals surface area contributed by atoms with Crippen LogP contribution in [0.2, 0.25) is 0 Å². The van der Waals surface area contributed by atoms with Gasteiger partial charge in [-0.3, -0.25) is 4.79 Å². The van der Waals surface area contributed by atoms with E-state index in [1.54, 1.807) is 0 Å². The van der Waals surface area contributed by atoms with Crippen molar-refractivity contribution in [1.29, 1.82) is 0 Å². The van der Waals surface area contributed by atoms with Crippen molar-refractivity contribution in [3.63, 3.8) is 0 Å². The van der Waals surface area contributed by atoms with Crippen molar-refractivity contribution < 1.29 is 9.53 Å². The molecule has 0 unspecified atom stereocenters. The summed E-state index contributed by atoms with van der Waals surface area (Å²) in [5.74, 6) is 0.652. The molecule has 1 aliphatic rings. The third-order valence-corrected chi connectivity index (χ3v) is 2.64. The maximum absolute atomic E-state index is 11.9. The average molecular weight is 234 g/mol. The number of rotatable bonds is 2. The molecule has 2 rings (SSSR count). The highest BCUT2D eigenvalue weighted by Crippen LogP contribution is 2.38. The molecule has 4 nitrogen and oxygen atoms in total. The Labute approximate surface area is 101 Å². The summed E-state index contributed by atoms with van der Waals surface area (Å²) in [6.07, 6.45) is 0.0772. The molecule has 4 heteroatoms. The molecule has 0 atom stereocenters. The van der Waals surface area contributed by atoms with Crippen LogP contribution in [0.1, 0.15) is 27.7 Å². The van der Waals surface area contributed by atoms with E-state index < -0.39 is 5.54 Å². The lowest BCUT2D eigenvalue weighted by Gasteiger charge is -2.33. The highest BCUT2D eigenvalue weighted by Gasteiger charge is 2.34. The van der Waals surface area contributed by atoms with Crippen molar-refractivity contribution in [2.45, 2.75) is 39.3 Å². The lowest BCUT2D eigenvalue weighted by atomic mass is 10.00. The number of fused-ring (bicyclic) bond motifs is 1.